The zero-order valence-corrected chi connectivity index (χ0v) is 14.2. The highest BCUT2D eigenvalue weighted by atomic mass is 35.5. The summed E-state index contributed by atoms with van der Waals surface area (Å²) in [6, 6.07) is 7.97. The van der Waals surface area contributed by atoms with Crippen LogP contribution < -0.4 is 0 Å². The van der Waals surface area contributed by atoms with E-state index in [-0.39, 0.29) is 5.69 Å². The minimum atomic E-state index is -4.49. The summed E-state index contributed by atoms with van der Waals surface area (Å²) in [6.07, 6.45) is -3.15. The van der Waals surface area contributed by atoms with E-state index >= 15 is 0 Å². The van der Waals surface area contributed by atoms with E-state index in [0.717, 1.165) is 14.0 Å². The molecular formula is C18H14ClF3N2O. The summed E-state index contributed by atoms with van der Waals surface area (Å²) in [5.41, 5.74) is 1.17. The molecule has 0 N–H and O–H groups in total. The molecule has 0 aliphatic carbocycles. The third-order valence-corrected chi connectivity index (χ3v) is 3.77. The number of hydrogen-bond acceptors (Lipinski definition) is 2. The number of halogens is 4. The van der Waals surface area contributed by atoms with Crippen LogP contribution in [0.4, 0.5) is 13.2 Å². The first-order valence-electron chi connectivity index (χ1n) is 7.26. The van der Waals surface area contributed by atoms with Crippen LogP contribution in [0.5, 0.6) is 0 Å². The number of benzene rings is 1. The number of nitrogens with zero attached hydrogens (tertiary/aromatic N) is 2. The van der Waals surface area contributed by atoms with Crippen molar-refractivity contribution in [1.82, 2.24) is 9.88 Å². The number of alkyl halides is 3. The normalized spacial score (nSPS) is 12.1. The molecule has 1 heterocycles. The van der Waals surface area contributed by atoms with Crippen LogP contribution in [0.2, 0.25) is 5.02 Å². The molecule has 130 valence electrons. The molecule has 1 unspecified atom stereocenters. The predicted octanol–water partition coefficient (Wildman–Crippen LogP) is 4.16. The average Bonchev–Trinajstić information content (AvgIpc) is 2.58. The van der Waals surface area contributed by atoms with Crippen molar-refractivity contribution in [1.29, 1.82) is 0 Å². The first-order chi connectivity index (χ1) is 11.7. The highest BCUT2D eigenvalue weighted by Crippen LogP contribution is 2.24. The second-order valence-corrected chi connectivity index (χ2v) is 5.76. The second-order valence-electron chi connectivity index (χ2n) is 5.33. The third-order valence-electron chi connectivity index (χ3n) is 3.53. The van der Waals surface area contributed by atoms with E-state index in [0.29, 0.717) is 21.0 Å². The maximum atomic E-state index is 12.7. The molecular weight excluding hydrogens is 353 g/mol. The smallest absolute Gasteiger partial charge is 0.329 e. The van der Waals surface area contributed by atoms with Gasteiger partial charge in [-0.15, -0.1) is 0 Å². The van der Waals surface area contributed by atoms with E-state index < -0.39 is 18.1 Å². The van der Waals surface area contributed by atoms with Crippen LogP contribution in [-0.4, -0.2) is 35.1 Å². The molecule has 0 bridgehead atoms. The number of carbonyl (C=O) groups is 1. The molecule has 0 saturated carbocycles. The molecule has 1 atom stereocenters. The van der Waals surface area contributed by atoms with Gasteiger partial charge in [0.1, 0.15) is 11.7 Å². The van der Waals surface area contributed by atoms with Gasteiger partial charge in [-0.05, 0) is 37.3 Å². The lowest BCUT2D eigenvalue weighted by Gasteiger charge is -2.26. The molecule has 2 rings (SSSR count). The summed E-state index contributed by atoms with van der Waals surface area (Å²) in [5, 5.41) is 0.563. The van der Waals surface area contributed by atoms with Gasteiger partial charge >= 0.3 is 6.18 Å². The zero-order valence-electron chi connectivity index (χ0n) is 13.4. The second kappa shape index (κ2) is 7.58. The number of hydrogen-bond donors (Lipinski definition) is 0. The van der Waals surface area contributed by atoms with Gasteiger partial charge in [0, 0.05) is 29.4 Å². The Bertz CT molecular complexity index is 823. The molecule has 2 aromatic rings. The van der Waals surface area contributed by atoms with Gasteiger partial charge in [0.2, 0.25) is 0 Å². The Morgan fingerprint density at radius 1 is 1.20 bits per heavy atom. The Labute approximate surface area is 148 Å². The summed E-state index contributed by atoms with van der Waals surface area (Å²) in [6.45, 7) is 0.919. The third kappa shape index (κ3) is 4.97. The fourth-order valence-corrected chi connectivity index (χ4v) is 2.07. The van der Waals surface area contributed by atoms with E-state index in [2.05, 4.69) is 16.8 Å². The average molecular weight is 367 g/mol. The standard InChI is InChI=1S/C18H14ClF3N2O/c1-12(18(20,21)22)24(2)17(25)16-9-8-14(11-23-16)7-6-13-4-3-5-15(19)10-13/h3-5,8-12H,1-2H3. The van der Waals surface area contributed by atoms with Crippen molar-refractivity contribution < 1.29 is 18.0 Å². The van der Waals surface area contributed by atoms with Gasteiger partial charge in [-0.2, -0.15) is 13.2 Å². The number of pyridine rings is 1. The number of carbonyl (C=O) groups excluding carboxylic acids is 1. The summed E-state index contributed by atoms with van der Waals surface area (Å²) < 4.78 is 38.1. The lowest BCUT2D eigenvalue weighted by atomic mass is 10.2. The van der Waals surface area contributed by atoms with E-state index in [9.17, 15) is 18.0 Å². The number of aromatic nitrogens is 1. The Hall–Kier alpha value is -2.52. The summed E-state index contributed by atoms with van der Waals surface area (Å²) >= 11 is 5.87. The van der Waals surface area contributed by atoms with E-state index in [1.54, 1.807) is 24.3 Å². The first kappa shape index (κ1) is 18.8. The first-order valence-corrected chi connectivity index (χ1v) is 7.64. The van der Waals surface area contributed by atoms with Crippen LogP contribution in [0.25, 0.3) is 0 Å². The van der Waals surface area contributed by atoms with Crippen LogP contribution in [0.3, 0.4) is 0 Å². The van der Waals surface area contributed by atoms with Gasteiger partial charge < -0.3 is 4.90 Å². The van der Waals surface area contributed by atoms with Crippen LogP contribution >= 0.6 is 11.6 Å². The highest BCUT2D eigenvalue weighted by Gasteiger charge is 2.40. The summed E-state index contributed by atoms with van der Waals surface area (Å²) in [5.74, 6) is 4.94. The lowest BCUT2D eigenvalue weighted by molar-refractivity contribution is -0.169. The molecule has 25 heavy (non-hydrogen) atoms. The lowest BCUT2D eigenvalue weighted by Crippen LogP contribution is -2.44. The Morgan fingerprint density at radius 3 is 2.44 bits per heavy atom. The van der Waals surface area contributed by atoms with Crippen molar-refractivity contribution in [3.63, 3.8) is 0 Å². The maximum Gasteiger partial charge on any atom is 0.408 e. The van der Waals surface area contributed by atoms with Crippen LogP contribution in [0.15, 0.2) is 42.6 Å². The van der Waals surface area contributed by atoms with Gasteiger partial charge in [0.25, 0.3) is 5.91 Å². The Kier molecular flexibility index (Phi) is 5.70. The van der Waals surface area contributed by atoms with Crippen molar-refractivity contribution in [2.45, 2.75) is 19.1 Å². The maximum absolute atomic E-state index is 12.7. The molecule has 0 aliphatic rings. The molecule has 0 aliphatic heterocycles. The van der Waals surface area contributed by atoms with E-state index in [4.69, 9.17) is 11.6 Å². The van der Waals surface area contributed by atoms with Gasteiger partial charge in [-0.3, -0.25) is 4.79 Å². The van der Waals surface area contributed by atoms with E-state index in [1.807, 2.05) is 0 Å². The Morgan fingerprint density at radius 2 is 1.88 bits per heavy atom. The fourth-order valence-electron chi connectivity index (χ4n) is 1.88. The van der Waals surface area contributed by atoms with Crippen molar-refractivity contribution >= 4 is 17.5 Å². The summed E-state index contributed by atoms with van der Waals surface area (Å²) in [4.78, 5) is 16.6. The molecule has 0 radical (unpaired) electrons. The van der Waals surface area contributed by atoms with Gasteiger partial charge in [0.05, 0.1) is 0 Å². The summed E-state index contributed by atoms with van der Waals surface area (Å²) in [7, 11) is 1.09. The molecule has 0 saturated heterocycles. The number of rotatable bonds is 2. The van der Waals surface area contributed by atoms with Gasteiger partial charge in [0.15, 0.2) is 0 Å². The minimum Gasteiger partial charge on any atom is -0.329 e. The molecule has 1 aromatic heterocycles. The topological polar surface area (TPSA) is 33.2 Å². The predicted molar refractivity (Wildman–Crippen MR) is 89.3 cm³/mol. The van der Waals surface area contributed by atoms with Gasteiger partial charge in [-0.25, -0.2) is 4.98 Å². The van der Waals surface area contributed by atoms with Crippen LogP contribution in [0, 0.1) is 11.8 Å². The molecule has 1 amide bonds. The van der Waals surface area contributed by atoms with Crippen LogP contribution in [0.1, 0.15) is 28.5 Å². The monoisotopic (exact) mass is 366 g/mol. The molecule has 0 spiro atoms. The fraction of sp³-hybridized carbons (Fsp3) is 0.222. The van der Waals surface area contributed by atoms with Crippen molar-refractivity contribution in [2.75, 3.05) is 7.05 Å². The zero-order chi connectivity index (χ0) is 18.6. The van der Waals surface area contributed by atoms with Crippen molar-refractivity contribution in [3.8, 4) is 11.8 Å². The van der Waals surface area contributed by atoms with Crippen molar-refractivity contribution in [3.05, 3.63) is 64.4 Å². The van der Waals surface area contributed by atoms with Gasteiger partial charge in [-0.1, -0.05) is 29.5 Å². The Balaban J connectivity index is 2.14. The molecule has 7 heteroatoms. The number of amides is 1. The molecule has 3 nitrogen and oxygen atoms in total. The quantitative estimate of drug-likeness (QED) is 0.748. The van der Waals surface area contributed by atoms with Crippen LogP contribution in [-0.2, 0) is 0 Å². The largest absolute Gasteiger partial charge is 0.408 e. The van der Waals surface area contributed by atoms with E-state index in [1.165, 1.54) is 18.3 Å². The highest BCUT2D eigenvalue weighted by molar-refractivity contribution is 6.30. The minimum absolute atomic E-state index is 0.0769. The van der Waals surface area contributed by atoms with Crippen molar-refractivity contribution in [2.24, 2.45) is 0 Å². The molecule has 0 fully saturated rings. The SMILES string of the molecule is CC(N(C)C(=O)c1ccc(C#Cc2cccc(Cl)c2)cn1)C(F)(F)F. The molecule has 1 aromatic carbocycles.